The first kappa shape index (κ1) is 40.7. The Labute approximate surface area is 208 Å². The molecule has 1 aliphatic carbocycles. The smallest absolute Gasteiger partial charge is 0 e. The summed E-state index contributed by atoms with van der Waals surface area (Å²) in [7, 11) is 4.06. The summed E-state index contributed by atoms with van der Waals surface area (Å²) in [5.74, 6) is -0.685. The van der Waals surface area contributed by atoms with E-state index in [4.69, 9.17) is 37.5 Å². The molecule has 0 aliphatic heterocycles. The largest absolute Gasteiger partial charge is 0 e. The van der Waals surface area contributed by atoms with Crippen LogP contribution in [0.3, 0.4) is 0 Å². The van der Waals surface area contributed by atoms with Gasteiger partial charge in [-0.2, -0.15) is 0 Å². The number of rotatable bonds is 4. The van der Waals surface area contributed by atoms with Gasteiger partial charge in [0.05, 0.1) is 38.9 Å². The van der Waals surface area contributed by atoms with Gasteiger partial charge in [0.25, 0.3) is 0 Å². The number of benzene rings is 1. The van der Waals surface area contributed by atoms with Gasteiger partial charge >= 0.3 is 68.5 Å². The minimum Gasteiger partial charge on any atom is 0 e. The molecule has 0 heterocycles. The Balaban J connectivity index is -0.000000226. The van der Waals surface area contributed by atoms with Gasteiger partial charge in [0.1, 0.15) is 5.76 Å². The number of carbonyl (C=O) groups is 2. The van der Waals surface area contributed by atoms with Crippen molar-refractivity contribution in [3.63, 3.8) is 0 Å². The van der Waals surface area contributed by atoms with Crippen molar-refractivity contribution in [3.05, 3.63) is 105 Å². The van der Waals surface area contributed by atoms with Crippen molar-refractivity contribution < 1.29 is 64.4 Å². The van der Waals surface area contributed by atoms with E-state index in [9.17, 15) is 9.59 Å². The Bertz CT molecular complexity index is 882. The zero-order chi connectivity index (χ0) is 26.8. The molecule has 0 N–H and O–H groups in total. The van der Waals surface area contributed by atoms with Crippen molar-refractivity contribution in [1.82, 2.24) is 0 Å². The fraction of sp³-hybridized carbons (Fsp3) is 0.130. The monoisotopic (exact) mass is 505 g/mol. The molecule has 0 bridgehead atoms. The van der Waals surface area contributed by atoms with E-state index < -0.39 is 11.9 Å². The maximum Gasteiger partial charge on any atom is 0 e. The molecule has 0 saturated heterocycles. The van der Waals surface area contributed by atoms with Crippen LogP contribution in [0.5, 0.6) is 0 Å². The maximum atomic E-state index is 12.2. The van der Waals surface area contributed by atoms with Crippen molar-refractivity contribution in [3.8, 4) is 0 Å². The summed E-state index contributed by atoms with van der Waals surface area (Å²) < 4.78 is 52.4. The fourth-order valence-corrected chi connectivity index (χ4v) is 2.18. The van der Waals surface area contributed by atoms with Crippen LogP contribution in [0.25, 0.3) is 5.57 Å². The number of methoxy groups -OCH3 is 3. The SMILES string of the molecule is COC(=O)C1=CC(C(=O)OC)=C(c2ccccc2)[CH]C(OC)=C1.[C-]#[O+].[C-]#[O+].[C-]#[O+].[C-]#[O+].[C-]#[O+].[Cr]. The first-order valence-corrected chi connectivity index (χ1v) is 7.91. The second-order valence-corrected chi connectivity index (χ2v) is 4.67. The van der Waals surface area contributed by atoms with Gasteiger partial charge in [-0.25, -0.2) is 9.59 Å². The van der Waals surface area contributed by atoms with Crippen LogP contribution in [0, 0.1) is 39.7 Å². The Morgan fingerprint density at radius 2 is 1.15 bits per heavy atom. The Kier molecular flexibility index (Phi) is 35.2. The molecule has 2 rings (SSSR count). The first-order chi connectivity index (χ1) is 16.1. The quantitative estimate of drug-likeness (QED) is 0.348. The van der Waals surface area contributed by atoms with Crippen molar-refractivity contribution in [1.29, 1.82) is 0 Å². The number of ether oxygens (including phenoxy) is 3. The molecule has 0 aromatic heterocycles. The molecule has 175 valence electrons. The molecule has 0 saturated carbocycles. The number of esters is 2. The zero-order valence-corrected chi connectivity index (χ0v) is 19.4. The molecule has 11 heteroatoms. The minimum atomic E-state index is -0.566. The Hall–Kier alpha value is -3.59. The number of carbonyl (C=O) groups excluding carboxylic acids is 2. The third-order valence-electron chi connectivity index (χ3n) is 3.32. The van der Waals surface area contributed by atoms with Gasteiger partial charge in [0.15, 0.2) is 0 Å². The molecule has 1 aromatic rings. The van der Waals surface area contributed by atoms with E-state index in [0.29, 0.717) is 11.3 Å². The topological polar surface area (TPSA) is 161 Å². The standard InChI is InChI=1S/C18H17O5.5CO.Cr/c1-21-14-9-13(17(19)22-2)10-16(18(20)23-3)15(11-14)12-7-5-4-6-8-12;5*1-2;/h4-11H,1-3H3;;;;;;. The summed E-state index contributed by atoms with van der Waals surface area (Å²) in [4.78, 5) is 24.1. The van der Waals surface area contributed by atoms with Gasteiger partial charge in [-0.1, -0.05) is 30.3 Å². The van der Waals surface area contributed by atoms with Gasteiger partial charge in [-0.05, 0) is 23.3 Å². The van der Waals surface area contributed by atoms with Crippen LogP contribution < -0.4 is 0 Å². The van der Waals surface area contributed by atoms with Crippen LogP contribution in [-0.2, 0) is 64.4 Å². The van der Waals surface area contributed by atoms with E-state index in [1.807, 2.05) is 30.3 Å². The van der Waals surface area contributed by atoms with Crippen LogP contribution in [0.4, 0.5) is 0 Å². The summed E-state index contributed by atoms with van der Waals surface area (Å²) in [6.07, 6.45) is 4.65. The number of allylic oxidation sites excluding steroid dienone is 1. The Morgan fingerprint density at radius 1 is 0.706 bits per heavy atom. The third-order valence-corrected chi connectivity index (χ3v) is 3.32. The van der Waals surface area contributed by atoms with E-state index in [1.54, 1.807) is 6.42 Å². The van der Waals surface area contributed by atoms with E-state index in [1.165, 1.54) is 33.5 Å². The third kappa shape index (κ3) is 14.5. The molecule has 0 unspecified atom stereocenters. The Morgan fingerprint density at radius 3 is 1.53 bits per heavy atom. The van der Waals surface area contributed by atoms with Crippen LogP contribution in [0.15, 0.2) is 59.4 Å². The van der Waals surface area contributed by atoms with Gasteiger partial charge < -0.3 is 14.2 Å². The molecule has 0 spiro atoms. The molecular formula is C23H17CrO10. The molecule has 34 heavy (non-hydrogen) atoms. The van der Waals surface area contributed by atoms with E-state index in [0.717, 1.165) is 5.56 Å². The van der Waals surface area contributed by atoms with Gasteiger partial charge in [0.2, 0.25) is 0 Å². The second kappa shape index (κ2) is 29.4. The zero-order valence-electron chi connectivity index (χ0n) is 18.1. The average Bonchev–Trinajstić information content (AvgIpc) is 3.14. The molecule has 1 aromatic carbocycles. The van der Waals surface area contributed by atoms with Crippen LogP contribution in [0.1, 0.15) is 5.56 Å². The molecule has 1 radical (unpaired) electrons. The maximum absolute atomic E-state index is 12.2. The molecular weight excluding hydrogens is 488 g/mol. The average molecular weight is 505 g/mol. The summed E-state index contributed by atoms with van der Waals surface area (Å²) in [6.45, 7) is 22.5. The molecule has 0 atom stereocenters. The first-order valence-electron chi connectivity index (χ1n) is 7.91. The molecule has 10 nitrogen and oxygen atoms in total. The van der Waals surface area contributed by atoms with Crippen molar-refractivity contribution in [2.24, 2.45) is 0 Å². The predicted molar refractivity (Wildman–Crippen MR) is 105 cm³/mol. The molecule has 0 fully saturated rings. The van der Waals surface area contributed by atoms with Gasteiger partial charge in [-0.15, -0.1) is 0 Å². The van der Waals surface area contributed by atoms with Crippen LogP contribution >= 0.6 is 0 Å². The van der Waals surface area contributed by atoms with Crippen molar-refractivity contribution in [2.45, 2.75) is 0 Å². The number of hydrogen-bond acceptors (Lipinski definition) is 5. The van der Waals surface area contributed by atoms with E-state index >= 15 is 0 Å². The van der Waals surface area contributed by atoms with E-state index in [-0.39, 0.29) is 28.5 Å². The van der Waals surface area contributed by atoms with Crippen LogP contribution in [0.2, 0.25) is 0 Å². The summed E-state index contributed by atoms with van der Waals surface area (Å²) in [5.41, 5.74) is 1.86. The molecule has 0 amide bonds. The van der Waals surface area contributed by atoms with Crippen molar-refractivity contribution >= 4 is 17.5 Å². The summed E-state index contributed by atoms with van der Waals surface area (Å²) in [5, 5.41) is 0. The van der Waals surface area contributed by atoms with Gasteiger partial charge in [0, 0.05) is 17.4 Å². The van der Waals surface area contributed by atoms with Crippen molar-refractivity contribution in [2.75, 3.05) is 21.3 Å². The van der Waals surface area contributed by atoms with Crippen LogP contribution in [-0.4, -0.2) is 33.3 Å². The minimum absolute atomic E-state index is 0. The summed E-state index contributed by atoms with van der Waals surface area (Å²) in [6, 6.07) is 9.31. The fourth-order valence-electron chi connectivity index (χ4n) is 2.18. The van der Waals surface area contributed by atoms with E-state index in [2.05, 4.69) is 33.3 Å². The number of hydrogen-bond donors (Lipinski definition) is 0. The second-order valence-electron chi connectivity index (χ2n) is 4.67. The normalized spacial score (nSPS) is 10.0. The summed E-state index contributed by atoms with van der Waals surface area (Å²) >= 11 is 0. The van der Waals surface area contributed by atoms with Gasteiger partial charge in [-0.3, -0.25) is 0 Å². The molecule has 1 aliphatic rings. The predicted octanol–water partition coefficient (Wildman–Crippen LogP) is 2.27.